The van der Waals surface area contributed by atoms with Gasteiger partial charge in [-0.1, -0.05) is 0 Å². The summed E-state index contributed by atoms with van der Waals surface area (Å²) in [7, 11) is 1.89. The second kappa shape index (κ2) is 10.4. The normalized spacial score (nSPS) is 16.3. The maximum Gasteiger partial charge on any atom is 0.407 e. The molecule has 1 unspecified atom stereocenters. The van der Waals surface area contributed by atoms with E-state index in [1.165, 1.54) is 0 Å². The minimum atomic E-state index is -0.542. The SMILES string of the molecule is Cn1cc(-c2cnc(NC(C)(C)C)c(-c3nnc4ccc(N5CCCC(NC(=O)OC(C)(C)C)C5)nn34)c2)cn1. The first kappa shape index (κ1) is 27.4. The average molecular weight is 547 g/mol. The summed E-state index contributed by atoms with van der Waals surface area (Å²) in [6.07, 6.45) is 7.00. The van der Waals surface area contributed by atoms with Gasteiger partial charge in [-0.05, 0) is 72.6 Å². The molecule has 5 heterocycles. The van der Waals surface area contributed by atoms with Crippen LogP contribution in [0.25, 0.3) is 28.2 Å². The first-order chi connectivity index (χ1) is 18.8. The van der Waals surface area contributed by atoms with Crippen molar-refractivity contribution < 1.29 is 9.53 Å². The number of aromatic nitrogens is 7. The van der Waals surface area contributed by atoms with Crippen LogP contribution in [0.15, 0.2) is 36.8 Å². The number of hydrogen-bond acceptors (Lipinski definition) is 9. The lowest BCUT2D eigenvalue weighted by molar-refractivity contribution is 0.0500. The van der Waals surface area contributed by atoms with Crippen LogP contribution >= 0.6 is 0 Å². The topological polar surface area (TPSA) is 127 Å². The van der Waals surface area contributed by atoms with E-state index < -0.39 is 11.7 Å². The number of alkyl carbamates (subject to hydrolysis) is 1. The number of anilines is 2. The predicted octanol–water partition coefficient (Wildman–Crippen LogP) is 4.29. The van der Waals surface area contributed by atoms with Gasteiger partial charge in [0.2, 0.25) is 0 Å². The Balaban J connectivity index is 1.48. The number of pyridine rings is 1. The van der Waals surface area contributed by atoms with E-state index in [0.717, 1.165) is 41.9 Å². The molecular weight excluding hydrogens is 508 g/mol. The second-order valence-corrected chi connectivity index (χ2v) is 12.3. The lowest BCUT2D eigenvalue weighted by Gasteiger charge is -2.34. The van der Waals surface area contributed by atoms with Crippen molar-refractivity contribution in [3.05, 3.63) is 36.8 Å². The number of nitrogens with one attached hydrogen (secondary N) is 2. The zero-order valence-corrected chi connectivity index (χ0v) is 24.3. The van der Waals surface area contributed by atoms with Crippen LogP contribution in [-0.4, -0.2) is 70.9 Å². The molecule has 0 aliphatic carbocycles. The Bertz CT molecular complexity index is 1510. The monoisotopic (exact) mass is 546 g/mol. The Morgan fingerprint density at radius 2 is 1.88 bits per heavy atom. The maximum atomic E-state index is 12.4. The van der Waals surface area contributed by atoms with E-state index in [1.807, 2.05) is 64.6 Å². The summed E-state index contributed by atoms with van der Waals surface area (Å²) < 4.78 is 8.99. The molecular formula is C28H38N10O2. The number of carbonyl (C=O) groups is 1. The molecule has 0 aromatic carbocycles. The van der Waals surface area contributed by atoms with Crippen molar-refractivity contribution in [3.8, 4) is 22.5 Å². The van der Waals surface area contributed by atoms with Crippen molar-refractivity contribution in [1.29, 1.82) is 0 Å². The standard InChI is InChI=1S/C28H38N10O2/c1-27(2,3)32-24-21(13-18(14-29-24)19-15-30-36(7)16-19)25-34-33-22-10-11-23(35-38(22)25)37-12-8-9-20(17-37)31-26(39)40-28(4,5)6/h10-11,13-16,20H,8-9,12,17H2,1-7H3,(H,29,32)(H,31,39). The molecule has 5 rings (SSSR count). The Hall–Kier alpha value is -4.22. The molecule has 12 nitrogen and oxygen atoms in total. The zero-order chi connectivity index (χ0) is 28.7. The molecule has 2 N–H and O–H groups in total. The quantitative estimate of drug-likeness (QED) is 0.377. The molecule has 1 amide bonds. The Labute approximate surface area is 234 Å². The largest absolute Gasteiger partial charge is 0.444 e. The molecule has 1 aliphatic rings. The molecule has 4 aromatic rings. The average Bonchev–Trinajstić information content (AvgIpc) is 3.48. The fourth-order valence-corrected chi connectivity index (χ4v) is 4.71. The summed E-state index contributed by atoms with van der Waals surface area (Å²) in [5.41, 5.74) is 2.53. The smallest absolute Gasteiger partial charge is 0.407 e. The fourth-order valence-electron chi connectivity index (χ4n) is 4.71. The van der Waals surface area contributed by atoms with Crippen molar-refractivity contribution in [1.82, 2.24) is 39.9 Å². The molecule has 1 aliphatic heterocycles. The fraction of sp³-hybridized carbons (Fsp3) is 0.500. The minimum absolute atomic E-state index is 0.0376. The van der Waals surface area contributed by atoms with Crippen LogP contribution in [0.4, 0.5) is 16.4 Å². The van der Waals surface area contributed by atoms with Gasteiger partial charge in [0, 0.05) is 55.2 Å². The third-order valence-electron chi connectivity index (χ3n) is 6.38. The number of rotatable bonds is 5. The van der Waals surface area contributed by atoms with E-state index >= 15 is 0 Å². The lowest BCUT2D eigenvalue weighted by atomic mass is 10.1. The van der Waals surface area contributed by atoms with E-state index in [9.17, 15) is 4.79 Å². The number of nitrogens with zero attached hydrogens (tertiary/aromatic N) is 8. The molecule has 1 saturated heterocycles. The number of piperidine rings is 1. The minimum Gasteiger partial charge on any atom is -0.444 e. The highest BCUT2D eigenvalue weighted by Gasteiger charge is 2.26. The molecule has 1 fully saturated rings. The van der Waals surface area contributed by atoms with Crippen molar-refractivity contribution in [2.45, 2.75) is 71.6 Å². The maximum absolute atomic E-state index is 12.4. The molecule has 1 atom stereocenters. The molecule has 0 spiro atoms. The van der Waals surface area contributed by atoms with Crippen LogP contribution < -0.4 is 15.5 Å². The lowest BCUT2D eigenvalue weighted by Crippen LogP contribution is -2.49. The van der Waals surface area contributed by atoms with Gasteiger partial charge in [-0.3, -0.25) is 4.68 Å². The van der Waals surface area contributed by atoms with Gasteiger partial charge >= 0.3 is 6.09 Å². The van der Waals surface area contributed by atoms with Crippen molar-refractivity contribution >= 4 is 23.4 Å². The number of carbonyl (C=O) groups excluding carboxylic acids is 1. The van der Waals surface area contributed by atoms with Gasteiger partial charge in [0.1, 0.15) is 17.2 Å². The van der Waals surface area contributed by atoms with Gasteiger partial charge in [0.15, 0.2) is 11.5 Å². The highest BCUT2D eigenvalue weighted by atomic mass is 16.6. The Morgan fingerprint density at radius 1 is 1.07 bits per heavy atom. The highest BCUT2D eigenvalue weighted by Crippen LogP contribution is 2.32. The number of hydrogen-bond donors (Lipinski definition) is 2. The first-order valence-corrected chi connectivity index (χ1v) is 13.6. The van der Waals surface area contributed by atoms with Gasteiger partial charge in [0.25, 0.3) is 0 Å². The molecule has 0 radical (unpaired) electrons. The van der Waals surface area contributed by atoms with Crippen LogP contribution in [-0.2, 0) is 11.8 Å². The highest BCUT2D eigenvalue weighted by molar-refractivity contribution is 5.78. The van der Waals surface area contributed by atoms with Crippen molar-refractivity contribution in [2.75, 3.05) is 23.3 Å². The van der Waals surface area contributed by atoms with E-state index in [1.54, 1.807) is 9.20 Å². The number of aryl methyl sites for hydroxylation is 1. The van der Waals surface area contributed by atoms with Gasteiger partial charge in [0.05, 0.1) is 11.8 Å². The van der Waals surface area contributed by atoms with Crippen LogP contribution in [0.1, 0.15) is 54.4 Å². The van der Waals surface area contributed by atoms with Crippen molar-refractivity contribution in [3.63, 3.8) is 0 Å². The zero-order valence-electron chi connectivity index (χ0n) is 24.3. The van der Waals surface area contributed by atoms with Crippen LogP contribution in [0.5, 0.6) is 0 Å². The van der Waals surface area contributed by atoms with Gasteiger partial charge in [-0.2, -0.15) is 9.61 Å². The van der Waals surface area contributed by atoms with Crippen LogP contribution in [0, 0.1) is 0 Å². The second-order valence-electron chi connectivity index (χ2n) is 12.3. The summed E-state index contributed by atoms with van der Waals surface area (Å²) >= 11 is 0. The van der Waals surface area contributed by atoms with Gasteiger partial charge < -0.3 is 20.3 Å². The van der Waals surface area contributed by atoms with Crippen LogP contribution in [0.2, 0.25) is 0 Å². The Morgan fingerprint density at radius 3 is 2.58 bits per heavy atom. The molecule has 4 aromatic heterocycles. The summed E-state index contributed by atoms with van der Waals surface area (Å²) in [6, 6.07) is 5.87. The summed E-state index contributed by atoms with van der Waals surface area (Å²) in [6.45, 7) is 13.3. The molecule has 0 bridgehead atoms. The number of fused-ring (bicyclic) bond motifs is 1. The van der Waals surface area contributed by atoms with E-state index in [-0.39, 0.29) is 11.6 Å². The van der Waals surface area contributed by atoms with E-state index in [0.29, 0.717) is 23.8 Å². The summed E-state index contributed by atoms with van der Waals surface area (Å²) in [5.74, 6) is 2.06. The third kappa shape index (κ3) is 6.32. The van der Waals surface area contributed by atoms with Gasteiger partial charge in [-0.25, -0.2) is 9.78 Å². The molecule has 40 heavy (non-hydrogen) atoms. The summed E-state index contributed by atoms with van der Waals surface area (Å²) in [4.78, 5) is 19.3. The summed E-state index contributed by atoms with van der Waals surface area (Å²) in [5, 5.41) is 24.7. The third-order valence-corrected chi connectivity index (χ3v) is 6.38. The van der Waals surface area contributed by atoms with E-state index in [4.69, 9.17) is 14.8 Å². The predicted molar refractivity (Wildman–Crippen MR) is 154 cm³/mol. The first-order valence-electron chi connectivity index (χ1n) is 13.6. The number of ether oxygens (including phenoxy) is 1. The van der Waals surface area contributed by atoms with Gasteiger partial charge in [-0.15, -0.1) is 15.3 Å². The molecule has 0 saturated carbocycles. The van der Waals surface area contributed by atoms with Crippen molar-refractivity contribution in [2.24, 2.45) is 7.05 Å². The van der Waals surface area contributed by atoms with E-state index in [2.05, 4.69) is 51.6 Å². The molecule has 12 heteroatoms. The molecule has 212 valence electrons. The Kier molecular flexibility index (Phi) is 7.11. The van der Waals surface area contributed by atoms with Crippen LogP contribution in [0.3, 0.4) is 0 Å². The number of amides is 1.